The van der Waals surface area contributed by atoms with E-state index >= 15 is 0 Å². The van der Waals surface area contributed by atoms with Crippen molar-refractivity contribution in [3.05, 3.63) is 35.4 Å². The van der Waals surface area contributed by atoms with Gasteiger partial charge in [-0.3, -0.25) is 0 Å². The fraction of sp³-hybridized carbons (Fsp3) is 0.471. The molecule has 20 heavy (non-hydrogen) atoms. The predicted molar refractivity (Wildman–Crippen MR) is 83.1 cm³/mol. The number of aryl methyl sites for hydroxylation is 1. The Morgan fingerprint density at radius 3 is 2.55 bits per heavy atom. The maximum atomic E-state index is 11.6. The largest absolute Gasteiger partial charge is 0.480 e. The molecule has 108 valence electrons. The molecular formula is C17H23NO2. The highest BCUT2D eigenvalue weighted by atomic mass is 16.4. The van der Waals surface area contributed by atoms with E-state index < -0.39 is 12.0 Å². The number of benzene rings is 1. The molecule has 1 atom stereocenters. The molecular weight excluding hydrogens is 250 g/mol. The number of hydrogen-bond acceptors (Lipinski definition) is 2. The van der Waals surface area contributed by atoms with Crippen LogP contribution in [0.2, 0.25) is 0 Å². The van der Waals surface area contributed by atoms with Crippen molar-refractivity contribution in [2.75, 3.05) is 4.90 Å². The Kier molecular flexibility index (Phi) is 3.63. The number of carboxylic acids is 1. The van der Waals surface area contributed by atoms with E-state index in [0.29, 0.717) is 6.42 Å². The van der Waals surface area contributed by atoms with Crippen molar-refractivity contribution < 1.29 is 9.90 Å². The molecule has 0 saturated carbocycles. The van der Waals surface area contributed by atoms with Crippen LogP contribution in [0.5, 0.6) is 0 Å². The quantitative estimate of drug-likeness (QED) is 0.909. The van der Waals surface area contributed by atoms with E-state index in [4.69, 9.17) is 0 Å². The Balaban J connectivity index is 2.65. The van der Waals surface area contributed by atoms with Gasteiger partial charge >= 0.3 is 5.97 Å². The van der Waals surface area contributed by atoms with Crippen molar-refractivity contribution in [2.45, 2.75) is 52.6 Å². The molecule has 3 heteroatoms. The van der Waals surface area contributed by atoms with Gasteiger partial charge in [0.2, 0.25) is 0 Å². The van der Waals surface area contributed by atoms with Gasteiger partial charge in [0.1, 0.15) is 6.04 Å². The van der Waals surface area contributed by atoms with Crippen molar-refractivity contribution in [2.24, 2.45) is 0 Å². The average Bonchev–Trinajstić information content (AvgIpc) is 2.33. The van der Waals surface area contributed by atoms with E-state index in [2.05, 4.69) is 52.0 Å². The number of rotatable bonds is 3. The molecule has 2 rings (SSSR count). The van der Waals surface area contributed by atoms with Crippen LogP contribution in [0.25, 0.3) is 5.57 Å². The average molecular weight is 273 g/mol. The number of carboxylic acid groups (broad SMARTS) is 1. The molecule has 0 spiro atoms. The molecule has 0 fully saturated rings. The van der Waals surface area contributed by atoms with Gasteiger partial charge in [-0.05, 0) is 51.8 Å². The van der Waals surface area contributed by atoms with Crippen LogP contribution in [0.15, 0.2) is 24.3 Å². The Hall–Kier alpha value is -1.77. The minimum Gasteiger partial charge on any atom is -0.480 e. The molecule has 0 amide bonds. The summed E-state index contributed by atoms with van der Waals surface area (Å²) in [5, 5.41) is 9.54. The third kappa shape index (κ3) is 2.33. The molecule has 3 nitrogen and oxygen atoms in total. The molecule has 0 radical (unpaired) electrons. The van der Waals surface area contributed by atoms with Gasteiger partial charge in [0.05, 0.1) is 5.54 Å². The van der Waals surface area contributed by atoms with Crippen LogP contribution < -0.4 is 4.90 Å². The Bertz CT molecular complexity index is 572. The second kappa shape index (κ2) is 4.97. The summed E-state index contributed by atoms with van der Waals surface area (Å²) in [6.45, 7) is 10.2. The van der Waals surface area contributed by atoms with Crippen LogP contribution in [0.3, 0.4) is 0 Å². The Morgan fingerprint density at radius 1 is 1.35 bits per heavy atom. The fourth-order valence-electron chi connectivity index (χ4n) is 3.20. The fourth-order valence-corrected chi connectivity index (χ4v) is 3.20. The first-order valence-corrected chi connectivity index (χ1v) is 7.10. The summed E-state index contributed by atoms with van der Waals surface area (Å²) in [6.07, 6.45) is 2.75. The summed E-state index contributed by atoms with van der Waals surface area (Å²) in [5.74, 6) is -0.764. The molecule has 0 bridgehead atoms. The Labute approximate surface area is 120 Å². The molecule has 1 N–H and O–H groups in total. The standard InChI is InChI=1S/C17H23NO2/c1-6-14(16(19)20)18-15-8-7-11(2)9-13(15)12(3)10-17(18,4)5/h7-10,14H,6H2,1-5H3,(H,19,20). The molecule has 0 aromatic heterocycles. The highest BCUT2D eigenvalue weighted by Gasteiger charge is 2.38. The first-order valence-electron chi connectivity index (χ1n) is 7.10. The number of carbonyl (C=O) groups is 1. The van der Waals surface area contributed by atoms with Crippen molar-refractivity contribution >= 4 is 17.2 Å². The maximum absolute atomic E-state index is 11.6. The number of fused-ring (bicyclic) bond motifs is 1. The monoisotopic (exact) mass is 273 g/mol. The van der Waals surface area contributed by atoms with Gasteiger partial charge in [-0.1, -0.05) is 24.6 Å². The molecule has 1 aromatic rings. The minimum atomic E-state index is -0.764. The van der Waals surface area contributed by atoms with Crippen molar-refractivity contribution in [1.82, 2.24) is 0 Å². The van der Waals surface area contributed by atoms with Crippen LogP contribution in [0.1, 0.15) is 45.2 Å². The smallest absolute Gasteiger partial charge is 0.326 e. The van der Waals surface area contributed by atoms with Crippen LogP contribution in [0.4, 0.5) is 5.69 Å². The number of anilines is 1. The Morgan fingerprint density at radius 2 is 2.00 bits per heavy atom. The van der Waals surface area contributed by atoms with E-state index in [9.17, 15) is 9.90 Å². The lowest BCUT2D eigenvalue weighted by molar-refractivity contribution is -0.139. The maximum Gasteiger partial charge on any atom is 0.326 e. The summed E-state index contributed by atoms with van der Waals surface area (Å²) >= 11 is 0. The second-order valence-corrected chi connectivity index (χ2v) is 6.13. The summed E-state index contributed by atoms with van der Waals surface area (Å²) in [7, 11) is 0. The number of nitrogens with zero attached hydrogens (tertiary/aromatic N) is 1. The highest BCUT2D eigenvalue weighted by Crippen LogP contribution is 2.41. The van der Waals surface area contributed by atoms with Crippen molar-refractivity contribution in [1.29, 1.82) is 0 Å². The van der Waals surface area contributed by atoms with Gasteiger partial charge in [-0.15, -0.1) is 0 Å². The number of allylic oxidation sites excluding steroid dienone is 1. The molecule has 0 aliphatic carbocycles. The zero-order valence-corrected chi connectivity index (χ0v) is 12.9. The zero-order chi connectivity index (χ0) is 15.1. The van der Waals surface area contributed by atoms with Crippen molar-refractivity contribution in [3.63, 3.8) is 0 Å². The summed E-state index contributed by atoms with van der Waals surface area (Å²) in [5.41, 5.74) is 4.27. The van der Waals surface area contributed by atoms with Gasteiger partial charge in [0.15, 0.2) is 0 Å². The first-order chi connectivity index (χ1) is 9.27. The van der Waals surface area contributed by atoms with Crippen LogP contribution in [-0.2, 0) is 4.79 Å². The summed E-state index contributed by atoms with van der Waals surface area (Å²) in [6, 6.07) is 5.73. The van der Waals surface area contributed by atoms with Gasteiger partial charge in [0, 0.05) is 11.3 Å². The third-order valence-corrected chi connectivity index (χ3v) is 4.01. The normalized spacial score (nSPS) is 18.2. The summed E-state index contributed by atoms with van der Waals surface area (Å²) in [4.78, 5) is 13.7. The van der Waals surface area contributed by atoms with Gasteiger partial charge in [-0.25, -0.2) is 4.79 Å². The van der Waals surface area contributed by atoms with Crippen LogP contribution >= 0.6 is 0 Å². The SMILES string of the molecule is CCC(C(=O)O)N1c2ccc(C)cc2C(C)=CC1(C)C. The topological polar surface area (TPSA) is 40.5 Å². The predicted octanol–water partition coefficient (Wildman–Crippen LogP) is 3.86. The third-order valence-electron chi connectivity index (χ3n) is 4.01. The second-order valence-electron chi connectivity index (χ2n) is 6.13. The minimum absolute atomic E-state index is 0.300. The highest BCUT2D eigenvalue weighted by molar-refractivity contribution is 5.87. The zero-order valence-electron chi connectivity index (χ0n) is 12.9. The lowest BCUT2D eigenvalue weighted by atomic mass is 9.86. The van der Waals surface area contributed by atoms with E-state index in [0.717, 1.165) is 11.3 Å². The number of hydrogen-bond donors (Lipinski definition) is 1. The molecule has 1 heterocycles. The van der Waals surface area contributed by atoms with Gasteiger partial charge in [-0.2, -0.15) is 0 Å². The number of aliphatic carboxylic acids is 1. The lowest BCUT2D eigenvalue weighted by Crippen LogP contribution is -2.54. The van der Waals surface area contributed by atoms with E-state index in [1.165, 1.54) is 11.1 Å². The first kappa shape index (κ1) is 14.6. The molecule has 1 aliphatic rings. The molecule has 1 unspecified atom stereocenters. The van der Waals surface area contributed by atoms with Gasteiger partial charge in [0.25, 0.3) is 0 Å². The van der Waals surface area contributed by atoms with Crippen LogP contribution in [-0.4, -0.2) is 22.7 Å². The van der Waals surface area contributed by atoms with E-state index in [-0.39, 0.29) is 5.54 Å². The van der Waals surface area contributed by atoms with E-state index in [1.54, 1.807) is 0 Å². The molecule has 1 aromatic carbocycles. The lowest BCUT2D eigenvalue weighted by Gasteiger charge is -2.46. The molecule has 0 saturated heterocycles. The summed E-state index contributed by atoms with van der Waals surface area (Å²) < 4.78 is 0. The molecule has 1 aliphatic heterocycles. The van der Waals surface area contributed by atoms with Crippen LogP contribution in [0, 0.1) is 6.92 Å². The van der Waals surface area contributed by atoms with Crippen molar-refractivity contribution in [3.8, 4) is 0 Å². The van der Waals surface area contributed by atoms with Gasteiger partial charge < -0.3 is 10.0 Å². The van der Waals surface area contributed by atoms with E-state index in [1.807, 2.05) is 11.8 Å².